The molecule has 4 N–H and O–H groups in total. The van der Waals surface area contributed by atoms with Crippen LogP contribution in [0.3, 0.4) is 0 Å². The fourth-order valence-corrected chi connectivity index (χ4v) is 4.33. The van der Waals surface area contributed by atoms with Crippen molar-refractivity contribution in [2.45, 2.75) is 31.8 Å². The summed E-state index contributed by atoms with van der Waals surface area (Å²) in [5.74, 6) is 0.637. The number of nitrogens with one attached hydrogen (secondary N) is 4. The van der Waals surface area contributed by atoms with Crippen molar-refractivity contribution >= 4 is 11.6 Å². The zero-order valence-corrected chi connectivity index (χ0v) is 15.1. The summed E-state index contributed by atoms with van der Waals surface area (Å²) < 4.78 is 19.8. The van der Waals surface area contributed by atoms with Gasteiger partial charge in [-0.2, -0.15) is 0 Å². The Kier molecular flexibility index (Phi) is 5.11. The first kappa shape index (κ1) is 17.7. The van der Waals surface area contributed by atoms with E-state index in [1.165, 1.54) is 6.07 Å². The maximum absolute atomic E-state index is 14.0. The van der Waals surface area contributed by atoms with Crippen LogP contribution in [-0.4, -0.2) is 51.0 Å². The molecule has 2 saturated heterocycles. The first-order valence-electron chi connectivity index (χ1n) is 9.46. The Morgan fingerprint density at radius 2 is 2.04 bits per heavy atom. The normalized spacial score (nSPS) is 29.1. The second-order valence-electron chi connectivity index (χ2n) is 7.70. The number of halogens is 1. The summed E-state index contributed by atoms with van der Waals surface area (Å²) in [6.45, 7) is 6.05. The van der Waals surface area contributed by atoms with E-state index in [1.54, 1.807) is 6.07 Å². The maximum Gasteiger partial charge on any atom is 0.243 e. The van der Waals surface area contributed by atoms with E-state index in [9.17, 15) is 9.18 Å². The predicted octanol–water partition coefficient (Wildman–Crippen LogP) is 0.759. The predicted molar refractivity (Wildman–Crippen MR) is 97.5 cm³/mol. The number of carbonyl (C=O) groups is 1. The minimum Gasteiger partial charge on any atom is -0.379 e. The van der Waals surface area contributed by atoms with Crippen molar-refractivity contribution < 1.29 is 13.9 Å². The van der Waals surface area contributed by atoms with E-state index in [1.807, 2.05) is 6.92 Å². The van der Waals surface area contributed by atoms with E-state index < -0.39 is 6.04 Å². The van der Waals surface area contributed by atoms with Gasteiger partial charge in [0.15, 0.2) is 0 Å². The Morgan fingerprint density at radius 1 is 1.23 bits per heavy atom. The van der Waals surface area contributed by atoms with Crippen molar-refractivity contribution in [2.24, 2.45) is 11.8 Å². The lowest BCUT2D eigenvalue weighted by molar-refractivity contribution is -0.124. The van der Waals surface area contributed by atoms with Crippen molar-refractivity contribution in [1.29, 1.82) is 0 Å². The molecule has 3 atom stereocenters. The van der Waals surface area contributed by atoms with Crippen LogP contribution in [0.2, 0.25) is 0 Å². The van der Waals surface area contributed by atoms with Crippen LogP contribution < -0.4 is 21.3 Å². The number of amides is 1. The van der Waals surface area contributed by atoms with Gasteiger partial charge in [-0.25, -0.2) is 4.39 Å². The molecule has 1 unspecified atom stereocenters. The average Bonchev–Trinajstić information content (AvgIpc) is 3.13. The summed E-state index contributed by atoms with van der Waals surface area (Å²) in [5, 5.41) is 13.0. The Balaban J connectivity index is 1.35. The molecule has 4 rings (SSSR count). The maximum atomic E-state index is 14.0. The molecular formula is C19H27FN4O2. The smallest absolute Gasteiger partial charge is 0.243 e. The van der Waals surface area contributed by atoms with Crippen molar-refractivity contribution in [3.63, 3.8) is 0 Å². The third-order valence-electron chi connectivity index (χ3n) is 5.82. The van der Waals surface area contributed by atoms with E-state index in [0.29, 0.717) is 30.4 Å². The lowest BCUT2D eigenvalue weighted by Gasteiger charge is -2.37. The number of anilines is 1. The second kappa shape index (κ2) is 7.50. The highest BCUT2D eigenvalue weighted by Crippen LogP contribution is 2.31. The molecule has 0 saturated carbocycles. The first-order valence-corrected chi connectivity index (χ1v) is 9.46. The third-order valence-corrected chi connectivity index (χ3v) is 5.82. The number of aryl methyl sites for hydroxylation is 1. The van der Waals surface area contributed by atoms with E-state index in [2.05, 4.69) is 21.3 Å². The third kappa shape index (κ3) is 3.56. The van der Waals surface area contributed by atoms with E-state index >= 15 is 0 Å². The second-order valence-corrected chi connectivity index (χ2v) is 7.70. The number of rotatable bonds is 3. The van der Waals surface area contributed by atoms with Gasteiger partial charge in [-0.05, 0) is 36.8 Å². The molecule has 1 aromatic carbocycles. The molecule has 2 fully saturated rings. The van der Waals surface area contributed by atoms with E-state index in [4.69, 9.17) is 4.74 Å². The first-order chi connectivity index (χ1) is 12.6. The molecular weight excluding hydrogens is 335 g/mol. The lowest BCUT2D eigenvalue weighted by Crippen LogP contribution is -2.53. The van der Waals surface area contributed by atoms with Crippen LogP contribution in [0, 0.1) is 24.6 Å². The van der Waals surface area contributed by atoms with Gasteiger partial charge in [0, 0.05) is 44.0 Å². The molecule has 26 heavy (non-hydrogen) atoms. The summed E-state index contributed by atoms with van der Waals surface area (Å²) in [6.07, 6.45) is 1.31. The van der Waals surface area contributed by atoms with Gasteiger partial charge in [0.1, 0.15) is 11.9 Å². The fraction of sp³-hybridized carbons (Fsp3) is 0.632. The van der Waals surface area contributed by atoms with Crippen LogP contribution in [0.1, 0.15) is 17.5 Å². The fourth-order valence-electron chi connectivity index (χ4n) is 4.33. The molecule has 3 heterocycles. The molecule has 3 aliphatic rings. The van der Waals surface area contributed by atoms with Crippen molar-refractivity contribution in [1.82, 2.24) is 16.0 Å². The standard InChI is InChI=1S/C19H27FN4O2/c1-11-2-3-16(20)15-5-17(24-18(11)15)19(25)23-14-4-12(8-26-9-14)13-6-21-10-22-7-13/h2-3,12-14,17,21-22,24H,4-10H2,1H3,(H,23,25)/t12-,14-,17?/m1/s1. The van der Waals surface area contributed by atoms with Crippen molar-refractivity contribution in [2.75, 3.05) is 38.3 Å². The van der Waals surface area contributed by atoms with Gasteiger partial charge < -0.3 is 26.0 Å². The number of benzene rings is 1. The van der Waals surface area contributed by atoms with Crippen molar-refractivity contribution in [3.05, 3.63) is 29.1 Å². The quantitative estimate of drug-likeness (QED) is 0.639. The van der Waals surface area contributed by atoms with Crippen LogP contribution in [-0.2, 0) is 16.0 Å². The molecule has 142 valence electrons. The Bertz CT molecular complexity index is 647. The van der Waals surface area contributed by atoms with Gasteiger partial charge in [-0.15, -0.1) is 0 Å². The molecule has 1 amide bonds. The van der Waals surface area contributed by atoms with Gasteiger partial charge in [-0.1, -0.05) is 6.07 Å². The number of hydrogen-bond donors (Lipinski definition) is 4. The Hall–Kier alpha value is -1.70. The van der Waals surface area contributed by atoms with Crippen LogP contribution in [0.15, 0.2) is 12.1 Å². The van der Waals surface area contributed by atoms with Crippen LogP contribution in [0.5, 0.6) is 0 Å². The van der Waals surface area contributed by atoms with Gasteiger partial charge in [-0.3, -0.25) is 4.79 Å². The highest BCUT2D eigenvalue weighted by atomic mass is 19.1. The highest BCUT2D eigenvalue weighted by molar-refractivity contribution is 5.88. The minimum atomic E-state index is -0.418. The highest BCUT2D eigenvalue weighted by Gasteiger charge is 2.34. The summed E-state index contributed by atoms with van der Waals surface area (Å²) in [5.41, 5.74) is 2.35. The van der Waals surface area contributed by atoms with E-state index in [-0.39, 0.29) is 17.8 Å². The monoisotopic (exact) mass is 362 g/mol. The number of carbonyl (C=O) groups excluding carboxylic acids is 1. The molecule has 0 aromatic heterocycles. The zero-order chi connectivity index (χ0) is 18.1. The SMILES string of the molecule is Cc1ccc(F)c2c1NC(C(=O)N[C@H]1COC[C@H](C3CNCNC3)C1)C2. The summed E-state index contributed by atoms with van der Waals surface area (Å²) in [6, 6.07) is 2.81. The molecule has 0 radical (unpaired) electrons. The lowest BCUT2D eigenvalue weighted by atomic mass is 9.85. The van der Waals surface area contributed by atoms with Crippen LogP contribution in [0.25, 0.3) is 0 Å². The number of hydrogen-bond acceptors (Lipinski definition) is 5. The van der Waals surface area contributed by atoms with E-state index in [0.717, 1.165) is 44.0 Å². The van der Waals surface area contributed by atoms with Gasteiger partial charge in [0.2, 0.25) is 5.91 Å². The molecule has 1 aromatic rings. The van der Waals surface area contributed by atoms with Gasteiger partial charge in [0.05, 0.1) is 12.6 Å². The van der Waals surface area contributed by atoms with Crippen LogP contribution >= 0.6 is 0 Å². The molecule has 0 aliphatic carbocycles. The largest absolute Gasteiger partial charge is 0.379 e. The minimum absolute atomic E-state index is 0.0135. The molecule has 7 heteroatoms. The summed E-state index contributed by atoms with van der Waals surface area (Å²) in [7, 11) is 0. The number of fused-ring (bicyclic) bond motifs is 1. The molecule has 6 nitrogen and oxygen atoms in total. The van der Waals surface area contributed by atoms with Gasteiger partial charge in [0.25, 0.3) is 0 Å². The zero-order valence-electron chi connectivity index (χ0n) is 15.1. The average molecular weight is 362 g/mol. The van der Waals surface area contributed by atoms with Crippen molar-refractivity contribution in [3.8, 4) is 0 Å². The van der Waals surface area contributed by atoms with Crippen LogP contribution in [0.4, 0.5) is 10.1 Å². The Labute approximate surface area is 153 Å². The summed E-state index contributed by atoms with van der Waals surface area (Å²) >= 11 is 0. The Morgan fingerprint density at radius 3 is 2.81 bits per heavy atom. The molecule has 0 bridgehead atoms. The summed E-state index contributed by atoms with van der Waals surface area (Å²) in [4.78, 5) is 12.7. The van der Waals surface area contributed by atoms with Gasteiger partial charge >= 0.3 is 0 Å². The molecule has 0 spiro atoms. The topological polar surface area (TPSA) is 74.4 Å². The molecule has 3 aliphatic heterocycles. The number of ether oxygens (including phenoxy) is 1.